The normalized spacial score (nSPS) is 19.3. The molecule has 1 aliphatic heterocycles. The van der Waals surface area contributed by atoms with Crippen molar-refractivity contribution in [2.24, 2.45) is 0 Å². The summed E-state index contributed by atoms with van der Waals surface area (Å²) in [4.78, 5) is 12.4. The Kier molecular flexibility index (Phi) is 3.21. The maximum Gasteiger partial charge on any atom is 0.340 e. The highest BCUT2D eigenvalue weighted by molar-refractivity contribution is 6.30. The molecule has 0 fully saturated rings. The van der Waals surface area contributed by atoms with E-state index in [-0.39, 0.29) is 5.97 Å². The molecule has 112 valence electrons. The van der Waals surface area contributed by atoms with Crippen molar-refractivity contribution in [2.75, 3.05) is 0 Å². The van der Waals surface area contributed by atoms with Crippen LogP contribution in [0.2, 0.25) is 5.02 Å². The van der Waals surface area contributed by atoms with E-state index < -0.39 is 5.60 Å². The predicted molar refractivity (Wildman–Crippen MR) is 89.6 cm³/mol. The molecule has 3 aromatic carbocycles. The van der Waals surface area contributed by atoms with Gasteiger partial charge in [-0.1, -0.05) is 72.3 Å². The smallest absolute Gasteiger partial charge is 0.340 e. The van der Waals surface area contributed by atoms with E-state index >= 15 is 0 Å². The van der Waals surface area contributed by atoms with Crippen LogP contribution in [-0.2, 0) is 10.3 Å². The molecule has 4 rings (SSSR count). The van der Waals surface area contributed by atoms with Gasteiger partial charge in [0.25, 0.3) is 0 Å². The molecule has 1 atom stereocenters. The standard InChI is InChI=1S/C20H13ClO2/c21-16-12-10-15(11-13-16)20(14-6-2-1-3-7-14)18-9-5-4-8-17(18)19(22)23-20/h1-13H/t20-/m0/s1. The van der Waals surface area contributed by atoms with Crippen molar-refractivity contribution in [1.82, 2.24) is 0 Å². The van der Waals surface area contributed by atoms with Crippen molar-refractivity contribution in [3.05, 3.63) is 106 Å². The van der Waals surface area contributed by atoms with Crippen molar-refractivity contribution in [3.63, 3.8) is 0 Å². The Morgan fingerprint density at radius 2 is 1.35 bits per heavy atom. The summed E-state index contributed by atoms with van der Waals surface area (Å²) in [7, 11) is 0. The van der Waals surface area contributed by atoms with Crippen LogP contribution < -0.4 is 0 Å². The molecule has 23 heavy (non-hydrogen) atoms. The number of hydrogen-bond acceptors (Lipinski definition) is 2. The predicted octanol–water partition coefficient (Wildman–Crippen LogP) is 4.80. The minimum Gasteiger partial charge on any atom is -0.441 e. The number of carbonyl (C=O) groups excluding carboxylic acids is 1. The zero-order valence-electron chi connectivity index (χ0n) is 12.2. The van der Waals surface area contributed by atoms with Gasteiger partial charge >= 0.3 is 5.97 Å². The molecule has 0 amide bonds. The lowest BCUT2D eigenvalue weighted by Crippen LogP contribution is -2.29. The van der Waals surface area contributed by atoms with Gasteiger partial charge < -0.3 is 4.74 Å². The average Bonchev–Trinajstić information content (AvgIpc) is 2.91. The van der Waals surface area contributed by atoms with E-state index in [1.54, 1.807) is 6.07 Å². The SMILES string of the molecule is O=C1O[C@@](c2ccccc2)(c2ccc(Cl)cc2)c2ccccc21. The number of ether oxygens (including phenoxy) is 1. The molecule has 0 aromatic heterocycles. The Balaban J connectivity index is 2.04. The zero-order chi connectivity index (χ0) is 15.9. The van der Waals surface area contributed by atoms with Crippen molar-refractivity contribution in [2.45, 2.75) is 5.60 Å². The van der Waals surface area contributed by atoms with Gasteiger partial charge in [-0.25, -0.2) is 4.79 Å². The topological polar surface area (TPSA) is 26.3 Å². The van der Waals surface area contributed by atoms with Gasteiger partial charge in [0, 0.05) is 21.7 Å². The summed E-state index contributed by atoms with van der Waals surface area (Å²) in [5.74, 6) is -0.306. The summed E-state index contributed by atoms with van der Waals surface area (Å²) in [6.45, 7) is 0. The molecular weight excluding hydrogens is 308 g/mol. The van der Waals surface area contributed by atoms with Gasteiger partial charge in [0.2, 0.25) is 0 Å². The number of benzene rings is 3. The fourth-order valence-corrected chi connectivity index (χ4v) is 3.30. The maximum atomic E-state index is 12.4. The Labute approximate surface area is 139 Å². The van der Waals surface area contributed by atoms with Crippen molar-refractivity contribution < 1.29 is 9.53 Å². The Bertz CT molecular complexity index is 872. The van der Waals surface area contributed by atoms with Crippen LogP contribution in [0.25, 0.3) is 0 Å². The molecule has 0 spiro atoms. The molecule has 3 aromatic rings. The lowest BCUT2D eigenvalue weighted by molar-refractivity contribution is 0.0251. The molecular formula is C20H13ClO2. The van der Waals surface area contributed by atoms with Crippen LogP contribution in [0.4, 0.5) is 0 Å². The van der Waals surface area contributed by atoms with Gasteiger partial charge in [-0.3, -0.25) is 0 Å². The monoisotopic (exact) mass is 320 g/mol. The minimum atomic E-state index is -0.931. The molecule has 1 aliphatic rings. The number of fused-ring (bicyclic) bond motifs is 1. The van der Waals surface area contributed by atoms with Crippen molar-refractivity contribution >= 4 is 17.6 Å². The first-order valence-corrected chi connectivity index (χ1v) is 7.74. The molecule has 0 bridgehead atoms. The summed E-state index contributed by atoms with van der Waals surface area (Å²) in [5.41, 5.74) is 2.33. The molecule has 0 N–H and O–H groups in total. The molecule has 0 aliphatic carbocycles. The number of esters is 1. The van der Waals surface area contributed by atoms with Gasteiger partial charge in [0.05, 0.1) is 5.56 Å². The van der Waals surface area contributed by atoms with Crippen LogP contribution >= 0.6 is 11.6 Å². The Hall–Kier alpha value is -2.58. The Morgan fingerprint density at radius 1 is 0.739 bits per heavy atom. The molecule has 2 nitrogen and oxygen atoms in total. The first kappa shape index (κ1) is 14.0. The second-order valence-corrected chi connectivity index (χ2v) is 5.93. The third kappa shape index (κ3) is 2.07. The van der Waals surface area contributed by atoms with E-state index in [2.05, 4.69) is 0 Å². The van der Waals surface area contributed by atoms with Crippen LogP contribution in [-0.4, -0.2) is 5.97 Å². The highest BCUT2D eigenvalue weighted by Gasteiger charge is 2.48. The number of carbonyl (C=O) groups is 1. The summed E-state index contributed by atoms with van der Waals surface area (Å²) >= 11 is 6.03. The van der Waals surface area contributed by atoms with Crippen molar-refractivity contribution in [3.8, 4) is 0 Å². The number of halogens is 1. The van der Waals surface area contributed by atoms with Crippen LogP contribution in [0.15, 0.2) is 78.9 Å². The highest BCUT2D eigenvalue weighted by Crippen LogP contribution is 2.46. The Morgan fingerprint density at radius 3 is 2.09 bits per heavy atom. The van der Waals surface area contributed by atoms with Crippen LogP contribution in [0.1, 0.15) is 27.0 Å². The second kappa shape index (κ2) is 5.25. The molecule has 1 heterocycles. The average molecular weight is 321 g/mol. The molecule has 3 heteroatoms. The highest BCUT2D eigenvalue weighted by atomic mass is 35.5. The number of cyclic esters (lactones) is 1. The second-order valence-electron chi connectivity index (χ2n) is 5.49. The number of hydrogen-bond donors (Lipinski definition) is 0. The quantitative estimate of drug-likeness (QED) is 0.634. The summed E-state index contributed by atoms with van der Waals surface area (Å²) in [5, 5.41) is 0.648. The van der Waals surface area contributed by atoms with Gasteiger partial charge in [-0.05, 0) is 18.2 Å². The van der Waals surface area contributed by atoms with E-state index in [0.29, 0.717) is 10.6 Å². The summed E-state index contributed by atoms with van der Waals surface area (Å²) in [6.07, 6.45) is 0. The van der Waals surface area contributed by atoms with Gasteiger partial charge in [-0.2, -0.15) is 0 Å². The van der Waals surface area contributed by atoms with Crippen LogP contribution in [0.5, 0.6) is 0 Å². The zero-order valence-corrected chi connectivity index (χ0v) is 13.0. The van der Waals surface area contributed by atoms with E-state index in [1.807, 2.05) is 72.8 Å². The first-order chi connectivity index (χ1) is 11.2. The summed E-state index contributed by atoms with van der Waals surface area (Å²) in [6, 6.07) is 24.8. The van der Waals surface area contributed by atoms with Gasteiger partial charge in [0.1, 0.15) is 0 Å². The third-order valence-corrected chi connectivity index (χ3v) is 4.46. The lowest BCUT2D eigenvalue weighted by Gasteiger charge is -2.30. The molecule has 0 unspecified atom stereocenters. The summed E-state index contributed by atoms with van der Waals surface area (Å²) < 4.78 is 5.95. The molecule has 0 radical (unpaired) electrons. The van der Waals surface area contributed by atoms with Crippen LogP contribution in [0, 0.1) is 0 Å². The largest absolute Gasteiger partial charge is 0.441 e. The van der Waals surface area contributed by atoms with Gasteiger partial charge in [0.15, 0.2) is 5.60 Å². The molecule has 0 saturated carbocycles. The van der Waals surface area contributed by atoms with Crippen molar-refractivity contribution in [1.29, 1.82) is 0 Å². The maximum absolute atomic E-state index is 12.4. The third-order valence-electron chi connectivity index (χ3n) is 4.20. The minimum absolute atomic E-state index is 0.306. The fraction of sp³-hybridized carbons (Fsp3) is 0.0500. The van der Waals surface area contributed by atoms with Gasteiger partial charge in [-0.15, -0.1) is 0 Å². The van der Waals surface area contributed by atoms with E-state index in [0.717, 1.165) is 16.7 Å². The first-order valence-electron chi connectivity index (χ1n) is 7.36. The van der Waals surface area contributed by atoms with Crippen LogP contribution in [0.3, 0.4) is 0 Å². The molecule has 0 saturated heterocycles. The fourth-order valence-electron chi connectivity index (χ4n) is 3.17. The van der Waals surface area contributed by atoms with E-state index in [1.165, 1.54) is 0 Å². The number of rotatable bonds is 2. The lowest BCUT2D eigenvalue weighted by atomic mass is 9.80. The van der Waals surface area contributed by atoms with E-state index in [9.17, 15) is 4.79 Å². The van der Waals surface area contributed by atoms with E-state index in [4.69, 9.17) is 16.3 Å².